The van der Waals surface area contributed by atoms with Crippen molar-refractivity contribution in [1.29, 1.82) is 0 Å². The van der Waals surface area contributed by atoms with Gasteiger partial charge in [-0.1, -0.05) is 11.6 Å². The van der Waals surface area contributed by atoms with E-state index in [-0.39, 0.29) is 17.5 Å². The first kappa shape index (κ1) is 14.3. The summed E-state index contributed by atoms with van der Waals surface area (Å²) in [6.07, 6.45) is 0. The summed E-state index contributed by atoms with van der Waals surface area (Å²) < 4.78 is 18.3. The number of amides is 2. The smallest absolute Gasteiger partial charge is 0.262 e. The molecule has 7 heteroatoms. The van der Waals surface area contributed by atoms with Crippen LogP contribution in [0.4, 0.5) is 15.8 Å². The Morgan fingerprint density at radius 3 is 2.86 bits per heavy atom. The van der Waals surface area contributed by atoms with E-state index in [2.05, 4.69) is 10.6 Å². The second kappa shape index (κ2) is 5.65. The summed E-state index contributed by atoms with van der Waals surface area (Å²) in [7, 11) is 0. The molecule has 0 bridgehead atoms. The summed E-state index contributed by atoms with van der Waals surface area (Å²) in [4.78, 5) is 23.4. The normalized spacial score (nSPS) is 12.9. The molecule has 0 aliphatic carbocycles. The molecule has 1 heterocycles. The van der Waals surface area contributed by atoms with Crippen molar-refractivity contribution >= 4 is 34.8 Å². The average Bonchev–Trinajstić information content (AvgIpc) is 2.50. The monoisotopic (exact) mass is 320 g/mol. The van der Waals surface area contributed by atoms with Gasteiger partial charge in [0.05, 0.1) is 10.7 Å². The molecule has 3 rings (SSSR count). The Kier molecular flexibility index (Phi) is 3.68. The Bertz CT molecular complexity index is 779. The fraction of sp³-hybridized carbons (Fsp3) is 0.0667. The fourth-order valence-corrected chi connectivity index (χ4v) is 2.17. The topological polar surface area (TPSA) is 67.4 Å². The number of carbonyl (C=O) groups excluding carboxylic acids is 2. The zero-order valence-corrected chi connectivity index (χ0v) is 11.9. The largest absolute Gasteiger partial charge is 0.482 e. The number of halogens is 2. The Labute approximate surface area is 130 Å². The van der Waals surface area contributed by atoms with Crippen molar-refractivity contribution in [3.8, 4) is 5.75 Å². The van der Waals surface area contributed by atoms with E-state index < -0.39 is 11.7 Å². The van der Waals surface area contributed by atoms with Crippen molar-refractivity contribution in [2.24, 2.45) is 0 Å². The van der Waals surface area contributed by atoms with E-state index in [0.29, 0.717) is 22.7 Å². The van der Waals surface area contributed by atoms with Crippen LogP contribution in [0, 0.1) is 5.82 Å². The highest BCUT2D eigenvalue weighted by molar-refractivity contribution is 6.31. The number of carbonyl (C=O) groups is 2. The number of ether oxygens (including phenoxy) is 1. The van der Waals surface area contributed by atoms with Crippen LogP contribution in [0.25, 0.3) is 0 Å². The molecule has 1 aliphatic heterocycles. The quantitative estimate of drug-likeness (QED) is 0.893. The number of fused-ring (bicyclic) bond motifs is 1. The minimum absolute atomic E-state index is 0.0747. The molecule has 2 amide bonds. The highest BCUT2D eigenvalue weighted by Crippen LogP contribution is 2.29. The Hall–Kier alpha value is -2.60. The van der Waals surface area contributed by atoms with Gasteiger partial charge in [0, 0.05) is 11.3 Å². The van der Waals surface area contributed by atoms with Crippen molar-refractivity contribution in [2.75, 3.05) is 17.2 Å². The highest BCUT2D eigenvalue weighted by atomic mass is 35.5. The summed E-state index contributed by atoms with van der Waals surface area (Å²) >= 11 is 5.67. The van der Waals surface area contributed by atoms with Crippen LogP contribution in [-0.4, -0.2) is 18.4 Å². The van der Waals surface area contributed by atoms with Gasteiger partial charge in [-0.3, -0.25) is 9.59 Å². The summed E-state index contributed by atoms with van der Waals surface area (Å²) in [5.41, 5.74) is 1.23. The Morgan fingerprint density at radius 2 is 2.09 bits per heavy atom. The predicted molar refractivity (Wildman–Crippen MR) is 79.9 cm³/mol. The van der Waals surface area contributed by atoms with E-state index in [1.807, 2.05) is 0 Å². The standard InChI is InChI=1S/C15H10ClFN2O3/c16-10-6-9(2-3-11(10)17)18-15(21)8-1-4-12-13(5-8)22-7-14(20)19-12/h1-6H,7H2,(H,18,21)(H,19,20). The maximum absolute atomic E-state index is 13.1. The van der Waals surface area contributed by atoms with Crippen LogP contribution in [0.3, 0.4) is 0 Å². The zero-order valence-electron chi connectivity index (χ0n) is 11.2. The number of benzene rings is 2. The summed E-state index contributed by atoms with van der Waals surface area (Å²) in [6, 6.07) is 8.56. The first-order valence-corrected chi connectivity index (χ1v) is 6.74. The van der Waals surface area contributed by atoms with Crippen molar-refractivity contribution in [1.82, 2.24) is 0 Å². The summed E-state index contributed by atoms with van der Waals surface area (Å²) in [6.45, 7) is -0.0916. The van der Waals surface area contributed by atoms with E-state index in [9.17, 15) is 14.0 Å². The second-order valence-corrected chi connectivity index (χ2v) is 5.04. The maximum atomic E-state index is 13.1. The van der Waals surface area contributed by atoms with Gasteiger partial charge in [-0.2, -0.15) is 0 Å². The first-order valence-electron chi connectivity index (χ1n) is 6.36. The van der Waals surface area contributed by atoms with Crippen molar-refractivity contribution in [3.63, 3.8) is 0 Å². The molecule has 2 aromatic rings. The molecule has 0 saturated carbocycles. The molecule has 0 atom stereocenters. The van der Waals surface area contributed by atoms with Crippen LogP contribution in [-0.2, 0) is 4.79 Å². The molecule has 112 valence electrons. The minimum Gasteiger partial charge on any atom is -0.482 e. The van der Waals surface area contributed by atoms with Gasteiger partial charge in [-0.15, -0.1) is 0 Å². The van der Waals surface area contributed by atoms with E-state index in [1.165, 1.54) is 24.3 Å². The van der Waals surface area contributed by atoms with Crippen LogP contribution in [0.2, 0.25) is 5.02 Å². The van der Waals surface area contributed by atoms with E-state index in [1.54, 1.807) is 12.1 Å². The van der Waals surface area contributed by atoms with E-state index >= 15 is 0 Å². The van der Waals surface area contributed by atoms with Gasteiger partial charge < -0.3 is 15.4 Å². The number of nitrogens with one attached hydrogen (secondary N) is 2. The highest BCUT2D eigenvalue weighted by Gasteiger charge is 2.18. The second-order valence-electron chi connectivity index (χ2n) is 4.63. The van der Waals surface area contributed by atoms with Gasteiger partial charge in [0.15, 0.2) is 6.61 Å². The van der Waals surface area contributed by atoms with E-state index in [0.717, 1.165) is 0 Å². The summed E-state index contributed by atoms with van der Waals surface area (Å²) in [5, 5.41) is 5.17. The number of anilines is 2. The lowest BCUT2D eigenvalue weighted by atomic mass is 10.1. The molecule has 0 fully saturated rings. The van der Waals surface area contributed by atoms with Crippen molar-refractivity contribution < 1.29 is 18.7 Å². The molecule has 0 saturated heterocycles. The Morgan fingerprint density at radius 1 is 1.27 bits per heavy atom. The van der Waals surface area contributed by atoms with Crippen LogP contribution in [0.1, 0.15) is 10.4 Å². The third kappa shape index (κ3) is 2.87. The third-order valence-corrected chi connectivity index (χ3v) is 3.34. The maximum Gasteiger partial charge on any atom is 0.262 e. The van der Waals surface area contributed by atoms with Crippen LogP contribution < -0.4 is 15.4 Å². The average molecular weight is 321 g/mol. The van der Waals surface area contributed by atoms with Crippen LogP contribution in [0.5, 0.6) is 5.75 Å². The number of rotatable bonds is 2. The molecular formula is C15H10ClFN2O3. The summed E-state index contributed by atoms with van der Waals surface area (Å²) in [5.74, 6) is -0.779. The van der Waals surface area contributed by atoms with Crippen molar-refractivity contribution in [2.45, 2.75) is 0 Å². The number of hydrogen-bond acceptors (Lipinski definition) is 3. The minimum atomic E-state index is -0.558. The Balaban J connectivity index is 1.80. The third-order valence-electron chi connectivity index (χ3n) is 3.05. The van der Waals surface area contributed by atoms with Crippen molar-refractivity contribution in [3.05, 3.63) is 52.8 Å². The zero-order chi connectivity index (χ0) is 15.7. The lowest BCUT2D eigenvalue weighted by molar-refractivity contribution is -0.118. The molecule has 22 heavy (non-hydrogen) atoms. The van der Waals surface area contributed by atoms with Gasteiger partial charge in [-0.05, 0) is 36.4 Å². The first-order chi connectivity index (χ1) is 10.5. The molecule has 2 N–H and O–H groups in total. The lowest BCUT2D eigenvalue weighted by Gasteiger charge is -2.18. The van der Waals surface area contributed by atoms with Gasteiger partial charge >= 0.3 is 0 Å². The molecule has 2 aromatic carbocycles. The lowest BCUT2D eigenvalue weighted by Crippen LogP contribution is -2.25. The molecule has 5 nitrogen and oxygen atoms in total. The molecular weight excluding hydrogens is 311 g/mol. The van der Waals surface area contributed by atoms with Gasteiger partial charge in [0.2, 0.25) is 0 Å². The molecule has 0 unspecified atom stereocenters. The predicted octanol–water partition coefficient (Wildman–Crippen LogP) is 3.06. The van der Waals surface area contributed by atoms with Gasteiger partial charge in [0.1, 0.15) is 11.6 Å². The van der Waals surface area contributed by atoms with Gasteiger partial charge in [0.25, 0.3) is 11.8 Å². The van der Waals surface area contributed by atoms with Gasteiger partial charge in [-0.25, -0.2) is 4.39 Å². The van der Waals surface area contributed by atoms with Crippen LogP contribution in [0.15, 0.2) is 36.4 Å². The SMILES string of the molecule is O=C1COc2cc(C(=O)Nc3ccc(F)c(Cl)c3)ccc2N1. The molecule has 0 aromatic heterocycles. The van der Waals surface area contributed by atoms with E-state index in [4.69, 9.17) is 16.3 Å². The molecule has 1 aliphatic rings. The van der Waals surface area contributed by atoms with Crippen LogP contribution >= 0.6 is 11.6 Å². The molecule has 0 spiro atoms. The fourth-order valence-electron chi connectivity index (χ4n) is 1.99. The number of hydrogen-bond donors (Lipinski definition) is 2. The molecule has 0 radical (unpaired) electrons.